The Hall–Kier alpha value is -0.590. The molecule has 68 valence electrons. The molecule has 0 aliphatic rings. The molecule has 0 radical (unpaired) electrons. The van der Waals surface area contributed by atoms with Gasteiger partial charge in [-0.25, -0.2) is 0 Å². The van der Waals surface area contributed by atoms with E-state index in [4.69, 9.17) is 4.74 Å². The standard InChI is InChI=1S/C10H9BrOS/c1-12-9-3-4-10(13-2)8(7-9)5-6-11/h3-4,7H,1-2H3. The predicted molar refractivity (Wildman–Crippen MR) is 60.6 cm³/mol. The molecule has 0 aliphatic heterocycles. The Kier molecular flexibility index (Phi) is 4.20. The summed E-state index contributed by atoms with van der Waals surface area (Å²) in [6, 6.07) is 5.88. The van der Waals surface area contributed by atoms with E-state index in [0.29, 0.717) is 0 Å². The summed E-state index contributed by atoms with van der Waals surface area (Å²) in [4.78, 5) is 3.86. The minimum Gasteiger partial charge on any atom is -0.497 e. The van der Waals surface area contributed by atoms with Gasteiger partial charge in [-0.15, -0.1) is 11.8 Å². The largest absolute Gasteiger partial charge is 0.497 e. The number of halogens is 1. The molecule has 0 fully saturated rings. The van der Waals surface area contributed by atoms with Crippen LogP contribution in [0.25, 0.3) is 0 Å². The molecule has 0 heterocycles. The molecule has 0 amide bonds. The molecule has 0 spiro atoms. The first-order chi connectivity index (χ1) is 6.31. The number of benzene rings is 1. The van der Waals surface area contributed by atoms with Gasteiger partial charge in [-0.2, -0.15) is 0 Å². The summed E-state index contributed by atoms with van der Waals surface area (Å²) in [6.07, 6.45) is 2.03. The van der Waals surface area contributed by atoms with Gasteiger partial charge in [-0.1, -0.05) is 5.92 Å². The molecule has 0 aliphatic carbocycles. The Balaban J connectivity index is 3.15. The molecule has 1 aromatic rings. The van der Waals surface area contributed by atoms with Crippen molar-refractivity contribution in [1.29, 1.82) is 0 Å². The summed E-state index contributed by atoms with van der Waals surface area (Å²) < 4.78 is 5.11. The topological polar surface area (TPSA) is 9.23 Å². The van der Waals surface area contributed by atoms with E-state index in [1.807, 2.05) is 24.5 Å². The molecule has 0 atom stereocenters. The lowest BCUT2D eigenvalue weighted by Crippen LogP contribution is -1.85. The van der Waals surface area contributed by atoms with Crippen molar-refractivity contribution in [2.45, 2.75) is 4.90 Å². The van der Waals surface area contributed by atoms with Crippen LogP contribution in [-0.2, 0) is 0 Å². The van der Waals surface area contributed by atoms with E-state index in [-0.39, 0.29) is 0 Å². The zero-order valence-corrected chi connectivity index (χ0v) is 9.83. The Morgan fingerprint density at radius 3 is 2.77 bits per heavy atom. The van der Waals surface area contributed by atoms with Crippen molar-refractivity contribution in [3.8, 4) is 16.5 Å². The smallest absolute Gasteiger partial charge is 0.120 e. The van der Waals surface area contributed by atoms with Crippen LogP contribution in [0.4, 0.5) is 0 Å². The second-order valence-electron chi connectivity index (χ2n) is 2.29. The van der Waals surface area contributed by atoms with E-state index in [1.54, 1.807) is 18.9 Å². The molecule has 3 heteroatoms. The van der Waals surface area contributed by atoms with Crippen LogP contribution in [0.3, 0.4) is 0 Å². The highest BCUT2D eigenvalue weighted by Crippen LogP contribution is 2.24. The van der Waals surface area contributed by atoms with Crippen molar-refractivity contribution in [3.05, 3.63) is 23.8 Å². The zero-order chi connectivity index (χ0) is 9.68. The second kappa shape index (κ2) is 5.21. The maximum Gasteiger partial charge on any atom is 0.120 e. The quantitative estimate of drug-likeness (QED) is 0.594. The van der Waals surface area contributed by atoms with Crippen molar-refractivity contribution in [1.82, 2.24) is 0 Å². The lowest BCUT2D eigenvalue weighted by molar-refractivity contribution is 0.414. The first-order valence-electron chi connectivity index (χ1n) is 3.65. The van der Waals surface area contributed by atoms with E-state index in [2.05, 4.69) is 26.7 Å². The molecule has 0 saturated heterocycles. The third-order valence-electron chi connectivity index (χ3n) is 1.59. The highest BCUT2D eigenvalue weighted by molar-refractivity contribution is 9.12. The fourth-order valence-electron chi connectivity index (χ4n) is 0.963. The lowest BCUT2D eigenvalue weighted by atomic mass is 10.2. The second-order valence-corrected chi connectivity index (χ2v) is 3.53. The molecule has 0 unspecified atom stereocenters. The molecule has 1 rings (SSSR count). The number of methoxy groups -OCH3 is 1. The molecule has 0 bridgehead atoms. The molecule has 13 heavy (non-hydrogen) atoms. The minimum absolute atomic E-state index is 0.836. The first kappa shape index (κ1) is 10.5. The van der Waals surface area contributed by atoms with Gasteiger partial charge in [0.2, 0.25) is 0 Å². The molecule has 0 N–H and O–H groups in total. The molecule has 1 aromatic carbocycles. The summed E-state index contributed by atoms with van der Waals surface area (Å²) >= 11 is 4.76. The zero-order valence-electron chi connectivity index (χ0n) is 7.43. The van der Waals surface area contributed by atoms with Crippen LogP contribution in [0.2, 0.25) is 0 Å². The van der Waals surface area contributed by atoms with Crippen LogP contribution < -0.4 is 4.74 Å². The Bertz CT molecular complexity index is 352. The van der Waals surface area contributed by atoms with Gasteiger partial charge in [0.25, 0.3) is 0 Å². The van der Waals surface area contributed by atoms with E-state index in [0.717, 1.165) is 16.2 Å². The molecular formula is C10H9BrOS. The Morgan fingerprint density at radius 2 is 2.23 bits per heavy atom. The lowest BCUT2D eigenvalue weighted by Gasteiger charge is -2.03. The average Bonchev–Trinajstić information content (AvgIpc) is 2.18. The first-order valence-corrected chi connectivity index (χ1v) is 5.67. The van der Waals surface area contributed by atoms with Crippen molar-refractivity contribution >= 4 is 27.7 Å². The third-order valence-corrected chi connectivity index (χ3v) is 2.58. The van der Waals surface area contributed by atoms with Crippen LogP contribution in [0.15, 0.2) is 23.1 Å². The van der Waals surface area contributed by atoms with Crippen molar-refractivity contribution in [2.75, 3.05) is 13.4 Å². The maximum atomic E-state index is 5.11. The predicted octanol–water partition coefficient (Wildman–Crippen LogP) is 3.12. The fraction of sp³-hybridized carbons (Fsp3) is 0.200. The van der Waals surface area contributed by atoms with Crippen molar-refractivity contribution in [2.24, 2.45) is 0 Å². The van der Waals surface area contributed by atoms with Gasteiger partial charge >= 0.3 is 0 Å². The summed E-state index contributed by atoms with van der Waals surface area (Å²) in [6.45, 7) is 0. The van der Waals surface area contributed by atoms with Gasteiger partial charge in [-0.3, -0.25) is 0 Å². The van der Waals surface area contributed by atoms with E-state index in [1.165, 1.54) is 0 Å². The Morgan fingerprint density at radius 1 is 1.46 bits per heavy atom. The summed E-state index contributed by atoms with van der Waals surface area (Å²) in [5.74, 6) is 3.80. The highest BCUT2D eigenvalue weighted by atomic mass is 79.9. The number of rotatable bonds is 2. The van der Waals surface area contributed by atoms with Crippen LogP contribution in [0.1, 0.15) is 5.56 Å². The third kappa shape index (κ3) is 2.68. The number of thioether (sulfide) groups is 1. The van der Waals surface area contributed by atoms with Crippen LogP contribution in [0.5, 0.6) is 5.75 Å². The van der Waals surface area contributed by atoms with Gasteiger partial charge in [0.1, 0.15) is 5.75 Å². The number of hydrogen-bond acceptors (Lipinski definition) is 2. The molecular weight excluding hydrogens is 248 g/mol. The summed E-state index contributed by atoms with van der Waals surface area (Å²) in [5.41, 5.74) is 0.990. The Labute approximate surface area is 91.0 Å². The summed E-state index contributed by atoms with van der Waals surface area (Å²) in [5, 5.41) is 0. The van der Waals surface area contributed by atoms with Crippen LogP contribution >= 0.6 is 27.7 Å². The van der Waals surface area contributed by atoms with Gasteiger partial charge in [0.05, 0.1) is 7.11 Å². The highest BCUT2D eigenvalue weighted by Gasteiger charge is 2.00. The number of hydrogen-bond donors (Lipinski definition) is 0. The molecule has 0 aromatic heterocycles. The van der Waals surface area contributed by atoms with E-state index in [9.17, 15) is 0 Å². The van der Waals surface area contributed by atoms with Gasteiger partial charge in [-0.05, 0) is 29.3 Å². The molecule has 1 nitrogen and oxygen atoms in total. The average molecular weight is 257 g/mol. The summed E-state index contributed by atoms with van der Waals surface area (Å²) in [7, 11) is 1.65. The molecule has 0 saturated carbocycles. The SMILES string of the molecule is COc1ccc(SC)c(C#CBr)c1. The van der Waals surface area contributed by atoms with Crippen molar-refractivity contribution in [3.63, 3.8) is 0 Å². The van der Waals surface area contributed by atoms with Crippen molar-refractivity contribution < 1.29 is 4.74 Å². The van der Waals surface area contributed by atoms with Crippen LogP contribution in [-0.4, -0.2) is 13.4 Å². The van der Waals surface area contributed by atoms with Gasteiger partial charge in [0, 0.05) is 26.4 Å². The van der Waals surface area contributed by atoms with Gasteiger partial charge in [0.15, 0.2) is 0 Å². The van der Waals surface area contributed by atoms with E-state index >= 15 is 0 Å². The van der Waals surface area contributed by atoms with Gasteiger partial charge < -0.3 is 4.74 Å². The monoisotopic (exact) mass is 256 g/mol. The van der Waals surface area contributed by atoms with Crippen LogP contribution in [0, 0.1) is 10.8 Å². The minimum atomic E-state index is 0.836. The fourth-order valence-corrected chi connectivity index (χ4v) is 1.71. The maximum absolute atomic E-state index is 5.11. The normalized spacial score (nSPS) is 8.85. The van der Waals surface area contributed by atoms with E-state index < -0.39 is 0 Å². The number of ether oxygens (including phenoxy) is 1.